The lowest BCUT2D eigenvalue weighted by Gasteiger charge is -2.41. The van der Waals surface area contributed by atoms with Crippen LogP contribution in [0.25, 0.3) is 16.8 Å². The van der Waals surface area contributed by atoms with Gasteiger partial charge in [-0.3, -0.25) is 18.8 Å². The maximum absolute atomic E-state index is 16.0. The van der Waals surface area contributed by atoms with Gasteiger partial charge in [0.15, 0.2) is 5.82 Å². The molecular weight excluding hydrogens is 572 g/mol. The molecule has 0 bridgehead atoms. The molecule has 2 unspecified atom stereocenters. The first kappa shape index (κ1) is 28.9. The molecule has 11 nitrogen and oxygen atoms in total. The number of fused-ring (bicyclic) bond motifs is 2. The minimum atomic E-state index is -4.66. The zero-order valence-electron chi connectivity index (χ0n) is 23.5. The van der Waals surface area contributed by atoms with Gasteiger partial charge in [0.2, 0.25) is 0 Å². The molecule has 3 aromatic heterocycles. The van der Waals surface area contributed by atoms with Crippen LogP contribution in [0, 0.1) is 5.82 Å². The molecule has 6 rings (SSSR count). The van der Waals surface area contributed by atoms with Crippen LogP contribution >= 0.6 is 0 Å². The van der Waals surface area contributed by atoms with Crippen LogP contribution in [-0.4, -0.2) is 73.9 Å². The Morgan fingerprint density at radius 3 is 2.81 bits per heavy atom. The largest absolute Gasteiger partial charge is 0.493 e. The number of hydrogen-bond donors (Lipinski definition) is 2. The first-order valence-corrected chi connectivity index (χ1v) is 13.9. The number of amides is 1. The number of imidazole rings is 1. The van der Waals surface area contributed by atoms with Crippen LogP contribution in [0.15, 0.2) is 30.6 Å². The number of piperidine rings is 1. The van der Waals surface area contributed by atoms with Crippen molar-refractivity contribution in [3.63, 3.8) is 0 Å². The fourth-order valence-electron chi connectivity index (χ4n) is 5.92. The average Bonchev–Trinajstić information content (AvgIpc) is 3.54. The summed E-state index contributed by atoms with van der Waals surface area (Å²) >= 11 is 0. The highest BCUT2D eigenvalue weighted by molar-refractivity contribution is 6.05. The molecule has 15 heteroatoms. The number of nitrogens with one attached hydrogen (secondary N) is 1. The third-order valence-electron chi connectivity index (χ3n) is 7.89. The van der Waals surface area contributed by atoms with Gasteiger partial charge < -0.3 is 20.5 Å². The number of benzene rings is 1. The first-order chi connectivity index (χ1) is 20.5. The Balaban J connectivity index is 1.38. The lowest BCUT2D eigenvalue weighted by Crippen LogP contribution is -2.50. The van der Waals surface area contributed by atoms with Gasteiger partial charge in [-0.2, -0.15) is 18.3 Å². The van der Waals surface area contributed by atoms with Crippen LogP contribution in [-0.2, 0) is 18.0 Å². The number of anilines is 2. The van der Waals surface area contributed by atoms with Crippen LogP contribution in [0.1, 0.15) is 47.6 Å². The van der Waals surface area contributed by atoms with Crippen LogP contribution in [0.2, 0.25) is 0 Å². The molecular formula is C28H30F4N8O3. The molecule has 2 atom stereocenters. The first-order valence-electron chi connectivity index (χ1n) is 13.9. The van der Waals surface area contributed by atoms with Gasteiger partial charge in [-0.15, -0.1) is 0 Å². The summed E-state index contributed by atoms with van der Waals surface area (Å²) in [5.74, 6) is -1.09. The molecule has 1 amide bonds. The minimum absolute atomic E-state index is 0.000831. The SMILES string of the molecule is CCOc1cc(C(=O)Nc2cc(C(F)(F)F)n(C)n2)cc(F)c1-c1nc(C2CCC3COCCN3C2)n2ccnc(N)c12. The predicted molar refractivity (Wildman–Crippen MR) is 148 cm³/mol. The highest BCUT2D eigenvalue weighted by Crippen LogP contribution is 2.40. The second-order valence-electron chi connectivity index (χ2n) is 10.6. The van der Waals surface area contributed by atoms with Crippen molar-refractivity contribution >= 4 is 23.1 Å². The van der Waals surface area contributed by atoms with Crippen LogP contribution in [0.3, 0.4) is 0 Å². The third kappa shape index (κ3) is 5.38. The number of halogens is 4. The summed E-state index contributed by atoms with van der Waals surface area (Å²) in [5.41, 5.74) is 5.72. The molecule has 1 aromatic carbocycles. The second-order valence-corrected chi connectivity index (χ2v) is 10.6. The Morgan fingerprint density at radius 1 is 1.26 bits per heavy atom. The zero-order valence-corrected chi connectivity index (χ0v) is 23.5. The van der Waals surface area contributed by atoms with Crippen molar-refractivity contribution in [1.82, 2.24) is 29.0 Å². The van der Waals surface area contributed by atoms with Gasteiger partial charge >= 0.3 is 6.18 Å². The molecule has 3 N–H and O–H groups in total. The number of rotatable bonds is 6. The third-order valence-corrected chi connectivity index (χ3v) is 7.89. The fourth-order valence-corrected chi connectivity index (χ4v) is 5.92. The molecule has 2 saturated heterocycles. The lowest BCUT2D eigenvalue weighted by molar-refractivity contribution is -0.143. The van der Waals surface area contributed by atoms with Crippen molar-refractivity contribution in [2.75, 3.05) is 44.0 Å². The van der Waals surface area contributed by atoms with E-state index in [1.165, 1.54) is 6.07 Å². The van der Waals surface area contributed by atoms with Crippen LogP contribution < -0.4 is 15.8 Å². The summed E-state index contributed by atoms with van der Waals surface area (Å²) in [4.78, 5) is 24.5. The zero-order chi connectivity index (χ0) is 30.5. The molecule has 2 aliphatic heterocycles. The lowest BCUT2D eigenvalue weighted by atomic mass is 9.91. The van der Waals surface area contributed by atoms with Gasteiger partial charge in [0.25, 0.3) is 5.91 Å². The number of hydrogen-bond acceptors (Lipinski definition) is 8. The Hall–Kier alpha value is -4.24. The van der Waals surface area contributed by atoms with E-state index < -0.39 is 23.6 Å². The highest BCUT2D eigenvalue weighted by atomic mass is 19.4. The number of nitrogen functional groups attached to an aromatic ring is 1. The predicted octanol–water partition coefficient (Wildman–Crippen LogP) is 4.10. The minimum Gasteiger partial charge on any atom is -0.493 e. The molecule has 2 fully saturated rings. The number of nitrogens with zero attached hydrogens (tertiary/aromatic N) is 6. The number of alkyl halides is 3. The van der Waals surface area contributed by atoms with E-state index >= 15 is 4.39 Å². The fraction of sp³-hybridized carbons (Fsp3) is 0.429. The highest BCUT2D eigenvalue weighted by Gasteiger charge is 2.36. The Morgan fingerprint density at radius 2 is 2.07 bits per heavy atom. The number of nitrogens with two attached hydrogens (primary N) is 1. The van der Waals surface area contributed by atoms with E-state index in [0.29, 0.717) is 41.3 Å². The Labute approximate surface area is 243 Å². The Bertz CT molecular complexity index is 1680. The summed E-state index contributed by atoms with van der Waals surface area (Å²) in [5, 5.41) is 6.00. The van der Waals surface area contributed by atoms with E-state index in [1.54, 1.807) is 19.3 Å². The summed E-state index contributed by atoms with van der Waals surface area (Å²) in [6, 6.07) is 3.36. The van der Waals surface area contributed by atoms with Crippen molar-refractivity contribution in [3.05, 3.63) is 53.5 Å². The molecule has 0 radical (unpaired) electrons. The number of morpholine rings is 1. The Kier molecular flexibility index (Phi) is 7.46. The number of carbonyl (C=O) groups excluding carboxylic acids is 1. The molecule has 43 heavy (non-hydrogen) atoms. The van der Waals surface area contributed by atoms with Crippen LogP contribution in [0.4, 0.5) is 29.2 Å². The molecule has 0 saturated carbocycles. The van der Waals surface area contributed by atoms with E-state index in [2.05, 4.69) is 20.3 Å². The van der Waals surface area contributed by atoms with Crippen molar-refractivity contribution in [1.29, 1.82) is 0 Å². The second kappa shape index (κ2) is 11.1. The number of carbonyl (C=O) groups is 1. The number of aryl methyl sites for hydroxylation is 1. The van der Waals surface area contributed by atoms with Gasteiger partial charge in [0.1, 0.15) is 40.1 Å². The van der Waals surface area contributed by atoms with Gasteiger partial charge in [0, 0.05) is 56.1 Å². The number of aromatic nitrogens is 5. The van der Waals surface area contributed by atoms with E-state index in [-0.39, 0.29) is 46.7 Å². The smallest absolute Gasteiger partial charge is 0.433 e. The summed E-state index contributed by atoms with van der Waals surface area (Å²) in [6.07, 6.45) is 0.427. The maximum atomic E-state index is 16.0. The molecule has 5 heterocycles. The molecule has 0 spiro atoms. The van der Waals surface area contributed by atoms with Crippen LogP contribution in [0.5, 0.6) is 5.75 Å². The molecule has 4 aromatic rings. The van der Waals surface area contributed by atoms with Gasteiger partial charge in [-0.1, -0.05) is 0 Å². The van der Waals surface area contributed by atoms with E-state index in [9.17, 15) is 18.0 Å². The summed E-state index contributed by atoms with van der Waals surface area (Å²) in [7, 11) is 1.11. The number of ether oxygens (including phenoxy) is 2. The van der Waals surface area contributed by atoms with Crippen molar-refractivity contribution < 1.29 is 31.8 Å². The normalized spacial score (nSPS) is 19.4. The van der Waals surface area contributed by atoms with E-state index in [4.69, 9.17) is 20.2 Å². The van der Waals surface area contributed by atoms with E-state index in [0.717, 1.165) is 39.0 Å². The summed E-state index contributed by atoms with van der Waals surface area (Å²) in [6.45, 7) is 4.79. The monoisotopic (exact) mass is 602 g/mol. The molecule has 0 aliphatic carbocycles. The molecule has 2 aliphatic rings. The quantitative estimate of drug-likeness (QED) is 0.316. The van der Waals surface area contributed by atoms with Gasteiger partial charge in [-0.05, 0) is 31.9 Å². The standard InChI is InChI=1S/C28H30F4N8O3/c1-3-43-19-11-16(27(41)35-21-12-20(28(30,31)32)38(2)37-21)10-18(29)22(19)23-24-25(33)34-6-7-40(24)26(36-23)15-4-5-17-14-42-9-8-39(17)13-15/h6-7,10-12,15,17H,3-5,8-9,13-14H2,1-2H3,(H2,33,34)(H,35,37,41). The molecule has 228 valence electrons. The van der Waals surface area contributed by atoms with Gasteiger partial charge in [0.05, 0.1) is 25.4 Å². The van der Waals surface area contributed by atoms with E-state index in [1.807, 2.05) is 4.40 Å². The van der Waals surface area contributed by atoms with Crippen molar-refractivity contribution in [3.8, 4) is 17.0 Å². The van der Waals surface area contributed by atoms with Crippen molar-refractivity contribution in [2.45, 2.75) is 37.9 Å². The summed E-state index contributed by atoms with van der Waals surface area (Å²) < 4.78 is 69.4. The van der Waals surface area contributed by atoms with Crippen molar-refractivity contribution in [2.24, 2.45) is 7.05 Å². The average molecular weight is 603 g/mol. The maximum Gasteiger partial charge on any atom is 0.433 e. The van der Waals surface area contributed by atoms with Gasteiger partial charge in [-0.25, -0.2) is 14.4 Å². The topological polar surface area (TPSA) is 125 Å².